The largest absolute Gasteiger partial charge is 0.481 e. The minimum atomic E-state index is -0.572. The second kappa shape index (κ2) is 5.64. The smallest absolute Gasteiger partial charge is 0.310 e. The summed E-state index contributed by atoms with van der Waals surface area (Å²) in [6.45, 7) is 6.90. The van der Waals surface area contributed by atoms with E-state index in [9.17, 15) is 14.7 Å². The highest BCUT2D eigenvalue weighted by Crippen LogP contribution is 2.77. The van der Waals surface area contributed by atoms with E-state index in [1.54, 1.807) is 0 Å². The van der Waals surface area contributed by atoms with Crippen LogP contribution >= 0.6 is 0 Å². The van der Waals surface area contributed by atoms with Gasteiger partial charge in [0.2, 0.25) is 0 Å². The van der Waals surface area contributed by atoms with E-state index in [2.05, 4.69) is 26.8 Å². The first-order chi connectivity index (χ1) is 13.2. The molecular weight excluding hydrogens is 352 g/mol. The Balaban J connectivity index is 1.58. The summed E-state index contributed by atoms with van der Waals surface area (Å²) in [6.07, 6.45) is 11.7. The van der Waals surface area contributed by atoms with Crippen LogP contribution in [0.4, 0.5) is 0 Å². The van der Waals surface area contributed by atoms with Crippen LogP contribution in [-0.4, -0.2) is 17.0 Å². The number of carbonyl (C=O) groups excluding carboxylic acids is 1. The van der Waals surface area contributed by atoms with Gasteiger partial charge in [-0.05, 0) is 79.6 Å². The molecule has 0 bridgehead atoms. The number of carboxylic acid groups (broad SMARTS) is 1. The van der Waals surface area contributed by atoms with Gasteiger partial charge in [-0.1, -0.05) is 33.6 Å². The highest BCUT2D eigenvalue weighted by atomic mass is 16.5. The lowest BCUT2D eigenvalue weighted by Crippen LogP contribution is -2.57. The average Bonchev–Trinajstić information content (AvgIpc) is 2.87. The second-order valence-electron chi connectivity index (χ2n) is 11.2. The average molecular weight is 387 g/mol. The fourth-order valence-electron chi connectivity index (χ4n) is 9.06. The molecule has 0 spiro atoms. The maximum absolute atomic E-state index is 12.8. The maximum atomic E-state index is 12.8. The zero-order chi connectivity index (χ0) is 19.9. The van der Waals surface area contributed by atoms with Gasteiger partial charge in [0.05, 0.1) is 5.41 Å². The maximum Gasteiger partial charge on any atom is 0.310 e. The number of ether oxygens (including phenoxy) is 1. The number of hydrogen-bond donors (Lipinski definition) is 1. The van der Waals surface area contributed by atoms with Crippen molar-refractivity contribution in [3.63, 3.8) is 0 Å². The summed E-state index contributed by atoms with van der Waals surface area (Å²) in [7, 11) is 0. The second-order valence-corrected chi connectivity index (χ2v) is 11.2. The Hall–Kier alpha value is -1.32. The molecule has 0 radical (unpaired) electrons. The lowest BCUT2D eigenvalue weighted by Gasteiger charge is -2.59. The lowest BCUT2D eigenvalue weighted by atomic mass is 9.44. The SMILES string of the molecule is C[C@]12CCCC[C@@]1(C(=O)O)[C@@]1(C)CCC3C(CC=C4OC(=O)CC[C@@]43C)C1C2. The van der Waals surface area contributed by atoms with Crippen molar-refractivity contribution in [1.29, 1.82) is 0 Å². The van der Waals surface area contributed by atoms with E-state index in [0.29, 0.717) is 24.2 Å². The Kier molecular flexibility index (Phi) is 3.76. The van der Waals surface area contributed by atoms with Crippen LogP contribution in [0, 0.1) is 39.4 Å². The van der Waals surface area contributed by atoms with Crippen LogP contribution < -0.4 is 0 Å². The van der Waals surface area contributed by atoms with E-state index in [-0.39, 0.29) is 22.2 Å². The van der Waals surface area contributed by atoms with Crippen molar-refractivity contribution in [3.8, 4) is 0 Å². The Morgan fingerprint density at radius 1 is 1.11 bits per heavy atom. The third-order valence-electron chi connectivity index (χ3n) is 10.4. The third kappa shape index (κ3) is 1.98. The summed E-state index contributed by atoms with van der Waals surface area (Å²) in [5.41, 5.74) is -0.835. The standard InChI is InChI=1S/C24H34O4/c1-21-10-4-5-11-24(21,20(26)27)23(3)13-8-16-15(17(23)14-21)6-7-18-22(16,2)12-9-19(25)28-18/h7,15-17H,4-6,8-14H2,1-3H3,(H,26,27)/t15?,16?,17?,21-,22-,23+,24+/m1/s1. The van der Waals surface area contributed by atoms with Crippen molar-refractivity contribution in [3.05, 3.63) is 11.8 Å². The number of aliphatic carboxylic acids is 1. The quantitative estimate of drug-likeness (QED) is 0.619. The number of esters is 1. The van der Waals surface area contributed by atoms with Crippen LogP contribution in [0.25, 0.3) is 0 Å². The van der Waals surface area contributed by atoms with E-state index in [1.165, 1.54) is 6.42 Å². The zero-order valence-electron chi connectivity index (χ0n) is 17.6. The summed E-state index contributed by atoms with van der Waals surface area (Å²) >= 11 is 0. The molecule has 7 atom stereocenters. The molecule has 1 heterocycles. The molecule has 5 rings (SSSR count). The van der Waals surface area contributed by atoms with Gasteiger partial charge in [0.15, 0.2) is 0 Å². The summed E-state index contributed by atoms with van der Waals surface area (Å²) in [5.74, 6) is 1.76. The molecule has 4 nitrogen and oxygen atoms in total. The predicted octanol–water partition coefficient (Wildman–Crippen LogP) is 5.32. The van der Waals surface area contributed by atoms with Crippen molar-refractivity contribution in [2.45, 2.75) is 85.0 Å². The molecule has 1 N–H and O–H groups in total. The van der Waals surface area contributed by atoms with Gasteiger partial charge in [0.25, 0.3) is 0 Å². The van der Waals surface area contributed by atoms with Crippen molar-refractivity contribution in [2.75, 3.05) is 0 Å². The zero-order valence-corrected chi connectivity index (χ0v) is 17.6. The van der Waals surface area contributed by atoms with Crippen LogP contribution in [0.5, 0.6) is 0 Å². The van der Waals surface area contributed by atoms with Gasteiger partial charge in [-0.3, -0.25) is 9.59 Å². The molecule has 4 fully saturated rings. The lowest BCUT2D eigenvalue weighted by molar-refractivity contribution is -0.179. The van der Waals surface area contributed by atoms with Gasteiger partial charge in [0, 0.05) is 11.8 Å². The van der Waals surface area contributed by atoms with Gasteiger partial charge >= 0.3 is 11.9 Å². The number of allylic oxidation sites excluding steroid dienone is 2. The minimum absolute atomic E-state index is 0.0524. The monoisotopic (exact) mass is 386 g/mol. The normalized spacial score (nSPS) is 52.5. The van der Waals surface area contributed by atoms with Crippen LogP contribution in [0.2, 0.25) is 0 Å². The highest BCUT2D eigenvalue weighted by Gasteiger charge is 2.74. The number of rotatable bonds is 1. The predicted molar refractivity (Wildman–Crippen MR) is 105 cm³/mol. The molecule has 3 unspecified atom stereocenters. The topological polar surface area (TPSA) is 63.6 Å². The Bertz CT molecular complexity index is 771. The van der Waals surface area contributed by atoms with Gasteiger partial charge < -0.3 is 9.84 Å². The number of hydrogen-bond acceptors (Lipinski definition) is 3. The summed E-state index contributed by atoms with van der Waals surface area (Å²) in [5, 5.41) is 10.6. The molecule has 4 heteroatoms. The van der Waals surface area contributed by atoms with Gasteiger partial charge in [-0.15, -0.1) is 0 Å². The summed E-state index contributed by atoms with van der Waals surface area (Å²) < 4.78 is 5.68. The molecule has 0 aromatic carbocycles. The van der Waals surface area contributed by atoms with Crippen LogP contribution in [0.1, 0.15) is 85.0 Å². The van der Waals surface area contributed by atoms with E-state index in [1.807, 2.05) is 0 Å². The Morgan fingerprint density at radius 2 is 1.86 bits per heavy atom. The van der Waals surface area contributed by atoms with Crippen LogP contribution in [0.15, 0.2) is 11.8 Å². The van der Waals surface area contributed by atoms with Crippen molar-refractivity contribution in [2.24, 2.45) is 39.4 Å². The molecule has 5 aliphatic rings. The van der Waals surface area contributed by atoms with Gasteiger partial charge in [0.1, 0.15) is 5.76 Å². The molecule has 1 aliphatic heterocycles. The van der Waals surface area contributed by atoms with E-state index >= 15 is 0 Å². The van der Waals surface area contributed by atoms with Gasteiger partial charge in [-0.2, -0.15) is 0 Å². The highest BCUT2D eigenvalue weighted by molar-refractivity contribution is 5.78. The fraction of sp³-hybridized carbons (Fsp3) is 0.833. The Morgan fingerprint density at radius 3 is 2.61 bits per heavy atom. The molecule has 154 valence electrons. The molecule has 28 heavy (non-hydrogen) atoms. The molecule has 0 aromatic heterocycles. The molecule has 0 aromatic rings. The first-order valence-electron chi connectivity index (χ1n) is 11.3. The molecular formula is C24H34O4. The minimum Gasteiger partial charge on any atom is -0.481 e. The van der Waals surface area contributed by atoms with Gasteiger partial charge in [-0.25, -0.2) is 0 Å². The summed E-state index contributed by atoms with van der Waals surface area (Å²) in [4.78, 5) is 24.7. The molecule has 4 aliphatic carbocycles. The number of carboxylic acids is 1. The number of fused-ring (bicyclic) bond motifs is 7. The van der Waals surface area contributed by atoms with Crippen molar-refractivity contribution < 1.29 is 19.4 Å². The van der Waals surface area contributed by atoms with Crippen molar-refractivity contribution >= 4 is 11.9 Å². The first-order valence-corrected chi connectivity index (χ1v) is 11.3. The van der Waals surface area contributed by atoms with E-state index in [0.717, 1.165) is 57.1 Å². The summed E-state index contributed by atoms with van der Waals surface area (Å²) in [6, 6.07) is 0. The first kappa shape index (κ1) is 18.7. The van der Waals surface area contributed by atoms with Crippen LogP contribution in [-0.2, 0) is 14.3 Å². The fourth-order valence-corrected chi connectivity index (χ4v) is 9.06. The third-order valence-corrected chi connectivity index (χ3v) is 10.4. The molecule has 1 saturated heterocycles. The van der Waals surface area contributed by atoms with E-state index < -0.39 is 11.4 Å². The van der Waals surface area contributed by atoms with E-state index in [4.69, 9.17) is 4.74 Å². The van der Waals surface area contributed by atoms with Crippen LogP contribution in [0.3, 0.4) is 0 Å². The Labute approximate surface area is 168 Å². The van der Waals surface area contributed by atoms with Crippen molar-refractivity contribution in [1.82, 2.24) is 0 Å². The molecule has 3 saturated carbocycles. The molecule has 0 amide bonds. The number of carbonyl (C=O) groups is 2.